The van der Waals surface area contributed by atoms with Gasteiger partial charge in [0.05, 0.1) is 0 Å². The Labute approximate surface area is 183 Å². The van der Waals surface area contributed by atoms with Crippen molar-refractivity contribution < 1.29 is 0 Å². The minimum atomic E-state index is -2.06. The van der Waals surface area contributed by atoms with Crippen molar-refractivity contribution in [2.45, 2.75) is 14.7 Å². The van der Waals surface area contributed by atoms with E-state index in [1.54, 1.807) is 0 Å². The summed E-state index contributed by atoms with van der Waals surface area (Å²) in [6.45, 7) is 11.5. The van der Waals surface area contributed by atoms with Crippen LogP contribution in [0.2, 0.25) is 0 Å². The van der Waals surface area contributed by atoms with Crippen LogP contribution >= 0.6 is 25.6 Å². The molecule has 0 N–H and O–H groups in total. The molecule has 0 fully saturated rings. The maximum atomic E-state index is 3.85. The Bertz CT molecular complexity index is 802. The normalized spacial score (nSPS) is 10.6. The summed E-state index contributed by atoms with van der Waals surface area (Å²) in [7, 11) is 6.22. The van der Waals surface area contributed by atoms with Crippen LogP contribution in [0.1, 0.15) is 16.7 Å². The summed E-state index contributed by atoms with van der Waals surface area (Å²) in [5.41, 5.74) is 3.49. The van der Waals surface area contributed by atoms with E-state index in [9.17, 15) is 0 Å². The molecule has 0 nitrogen and oxygen atoms in total. The van der Waals surface area contributed by atoms with Crippen LogP contribution < -0.4 is 0 Å². The predicted octanol–water partition coefficient (Wildman–Crippen LogP) is 8.28. The molecule has 140 valence electrons. The van der Waals surface area contributed by atoms with Crippen LogP contribution in [0.15, 0.2) is 107 Å². The third-order valence-electron chi connectivity index (χ3n) is 3.89. The van der Waals surface area contributed by atoms with Crippen LogP contribution in [-0.2, 0) is 0 Å². The molecule has 0 aliphatic heterocycles. The molecule has 3 aromatic carbocycles. The van der Waals surface area contributed by atoms with Gasteiger partial charge in [-0.1, -0.05) is 0 Å². The van der Waals surface area contributed by atoms with Crippen molar-refractivity contribution >= 4 is 61.1 Å². The van der Waals surface area contributed by atoms with E-state index >= 15 is 0 Å². The van der Waals surface area contributed by atoms with E-state index in [-0.39, 0.29) is 0 Å². The van der Waals surface area contributed by atoms with E-state index in [0.29, 0.717) is 0 Å². The number of hydrogen-bond donors (Lipinski definition) is 0. The maximum absolute atomic E-state index is 3.85. The minimum absolute atomic E-state index is 1.16. The van der Waals surface area contributed by atoms with Gasteiger partial charge in [0.2, 0.25) is 0 Å². The summed E-state index contributed by atoms with van der Waals surface area (Å²) in [5, 5.41) is 0. The van der Waals surface area contributed by atoms with Crippen molar-refractivity contribution in [3.63, 3.8) is 0 Å². The zero-order valence-electron chi connectivity index (χ0n) is 15.5. The molecule has 0 unspecified atom stereocenters. The zero-order valence-corrected chi connectivity index (χ0v) is 21.4. The molecule has 0 heterocycles. The fourth-order valence-corrected chi connectivity index (χ4v) is 31.8. The molecular formula is C24H21BiS3. The number of benzene rings is 3. The monoisotopic (exact) mass is 614 g/mol. The van der Waals surface area contributed by atoms with Crippen molar-refractivity contribution in [1.82, 2.24) is 0 Å². The van der Waals surface area contributed by atoms with Crippen LogP contribution in [0.3, 0.4) is 0 Å². The third-order valence-corrected chi connectivity index (χ3v) is 30.1. The quantitative estimate of drug-likeness (QED) is 0.223. The molecule has 0 aliphatic carbocycles. The summed E-state index contributed by atoms with van der Waals surface area (Å²) >= 11 is -2.06. The molecule has 28 heavy (non-hydrogen) atoms. The van der Waals surface area contributed by atoms with E-state index in [1.165, 1.54) is 14.7 Å². The summed E-state index contributed by atoms with van der Waals surface area (Å²) < 4.78 is 0. The number of hydrogen-bond acceptors (Lipinski definition) is 3. The van der Waals surface area contributed by atoms with Crippen LogP contribution in [0.4, 0.5) is 0 Å². The van der Waals surface area contributed by atoms with Gasteiger partial charge in [-0.2, -0.15) is 0 Å². The molecule has 0 saturated heterocycles. The molecule has 0 saturated carbocycles. The summed E-state index contributed by atoms with van der Waals surface area (Å²) in [5.74, 6) is 0. The van der Waals surface area contributed by atoms with E-state index in [4.69, 9.17) is 0 Å². The van der Waals surface area contributed by atoms with E-state index in [2.05, 4.69) is 118 Å². The third kappa shape index (κ3) is 6.42. The molecule has 0 spiro atoms. The topological polar surface area (TPSA) is 0 Å². The van der Waals surface area contributed by atoms with Gasteiger partial charge in [-0.15, -0.1) is 0 Å². The summed E-state index contributed by atoms with van der Waals surface area (Å²) in [4.78, 5) is 4.02. The first-order valence-corrected chi connectivity index (χ1v) is 23.8. The standard InChI is InChI=1S/3C8H8S.Bi/c3*1-2-7-3-5-8(9)6-4-7;/h3*2-6,9H,1H2;/q;;;+3/p-3. The van der Waals surface area contributed by atoms with Gasteiger partial charge in [0.15, 0.2) is 0 Å². The molecule has 0 atom stereocenters. The molecule has 3 rings (SSSR count). The molecule has 0 bridgehead atoms. The van der Waals surface area contributed by atoms with Crippen LogP contribution in [-0.4, -0.2) is 17.4 Å². The molecule has 0 aliphatic rings. The Hall–Kier alpha value is -1.19. The first kappa shape index (κ1) is 21.5. The molecular weight excluding hydrogens is 593 g/mol. The van der Waals surface area contributed by atoms with Crippen molar-refractivity contribution in [3.05, 3.63) is 109 Å². The Balaban J connectivity index is 1.78. The summed E-state index contributed by atoms with van der Waals surface area (Å²) in [6, 6.07) is 26.1. The average molecular weight is 615 g/mol. The van der Waals surface area contributed by atoms with Crippen LogP contribution in [0.5, 0.6) is 0 Å². The average Bonchev–Trinajstić information content (AvgIpc) is 2.75. The number of rotatable bonds is 9. The molecule has 0 aromatic heterocycles. The molecule has 0 radical (unpaired) electrons. The van der Waals surface area contributed by atoms with Crippen LogP contribution in [0.25, 0.3) is 18.2 Å². The van der Waals surface area contributed by atoms with E-state index in [0.717, 1.165) is 16.7 Å². The van der Waals surface area contributed by atoms with Gasteiger partial charge in [-0.25, -0.2) is 0 Å². The molecule has 3 aromatic rings. The second-order valence-corrected chi connectivity index (χ2v) is 31.6. The van der Waals surface area contributed by atoms with Crippen LogP contribution in [0, 0.1) is 0 Å². The SMILES string of the molecule is C=Cc1ccc([S][Bi]([S]c2ccc(C=C)cc2)[S]c2ccc(C=C)cc2)cc1. The van der Waals surface area contributed by atoms with Gasteiger partial charge < -0.3 is 0 Å². The predicted molar refractivity (Wildman–Crippen MR) is 133 cm³/mol. The van der Waals surface area contributed by atoms with Gasteiger partial charge in [-0.3, -0.25) is 0 Å². The second-order valence-electron chi connectivity index (χ2n) is 5.82. The van der Waals surface area contributed by atoms with Crippen molar-refractivity contribution in [1.29, 1.82) is 0 Å². The van der Waals surface area contributed by atoms with Gasteiger partial charge in [-0.05, 0) is 0 Å². The Morgan fingerprint density at radius 1 is 0.464 bits per heavy atom. The van der Waals surface area contributed by atoms with Crippen molar-refractivity contribution in [2.24, 2.45) is 0 Å². The molecule has 0 amide bonds. The first-order valence-electron chi connectivity index (χ1n) is 8.71. The van der Waals surface area contributed by atoms with E-state index < -0.39 is 17.4 Å². The Morgan fingerprint density at radius 2 is 0.714 bits per heavy atom. The van der Waals surface area contributed by atoms with Gasteiger partial charge >= 0.3 is 185 Å². The van der Waals surface area contributed by atoms with Gasteiger partial charge in [0.25, 0.3) is 0 Å². The molecule has 4 heteroatoms. The van der Waals surface area contributed by atoms with E-state index in [1.807, 2.05) is 18.2 Å². The second kappa shape index (κ2) is 11.1. The fraction of sp³-hybridized carbons (Fsp3) is 0. The fourth-order valence-electron chi connectivity index (χ4n) is 2.31. The zero-order chi connectivity index (χ0) is 19.8. The van der Waals surface area contributed by atoms with Crippen molar-refractivity contribution in [2.75, 3.05) is 0 Å². The van der Waals surface area contributed by atoms with Gasteiger partial charge in [0.1, 0.15) is 0 Å². The van der Waals surface area contributed by atoms with Crippen molar-refractivity contribution in [3.8, 4) is 0 Å². The van der Waals surface area contributed by atoms with Gasteiger partial charge in [0, 0.05) is 0 Å². The Kier molecular flexibility index (Phi) is 8.54. The Morgan fingerprint density at radius 3 is 0.929 bits per heavy atom. The first-order chi connectivity index (χ1) is 13.7. The summed E-state index contributed by atoms with van der Waals surface area (Å²) in [6.07, 6.45) is 5.67.